The van der Waals surface area contributed by atoms with E-state index in [-0.39, 0.29) is 0 Å². The topological polar surface area (TPSA) is 76.0 Å². The highest BCUT2D eigenvalue weighted by molar-refractivity contribution is 5.60. The van der Waals surface area contributed by atoms with Crippen LogP contribution in [0, 0.1) is 0 Å². The SMILES string of the molecule is CCCCC(O)C(C)OC(=O)OC(CCCC)C(C)(C)O. The Kier molecular flexibility index (Phi) is 9.62. The number of carbonyl (C=O) groups excluding carboxylic acids is 1. The van der Waals surface area contributed by atoms with Crippen molar-refractivity contribution in [1.29, 1.82) is 0 Å². The molecular weight excluding hydrogens is 272 g/mol. The summed E-state index contributed by atoms with van der Waals surface area (Å²) in [5, 5.41) is 19.9. The molecule has 0 saturated carbocycles. The summed E-state index contributed by atoms with van der Waals surface area (Å²) < 4.78 is 10.3. The van der Waals surface area contributed by atoms with Crippen molar-refractivity contribution in [2.24, 2.45) is 0 Å². The van der Waals surface area contributed by atoms with Crippen LogP contribution in [0.2, 0.25) is 0 Å². The molecule has 0 heterocycles. The van der Waals surface area contributed by atoms with E-state index in [4.69, 9.17) is 9.47 Å². The summed E-state index contributed by atoms with van der Waals surface area (Å²) in [6.45, 7) is 8.94. The first-order valence-electron chi connectivity index (χ1n) is 8.00. The number of unbranched alkanes of at least 4 members (excludes halogenated alkanes) is 2. The molecule has 0 radical (unpaired) electrons. The van der Waals surface area contributed by atoms with Gasteiger partial charge in [-0.1, -0.05) is 33.1 Å². The van der Waals surface area contributed by atoms with Gasteiger partial charge in [0, 0.05) is 0 Å². The molecule has 126 valence electrons. The first-order valence-corrected chi connectivity index (χ1v) is 8.00. The van der Waals surface area contributed by atoms with E-state index in [0.717, 1.165) is 25.7 Å². The molecule has 0 saturated heterocycles. The van der Waals surface area contributed by atoms with Crippen molar-refractivity contribution in [3.63, 3.8) is 0 Å². The monoisotopic (exact) mass is 304 g/mol. The van der Waals surface area contributed by atoms with Crippen LogP contribution in [0.3, 0.4) is 0 Å². The molecule has 2 N–H and O–H groups in total. The van der Waals surface area contributed by atoms with Gasteiger partial charge in [0.1, 0.15) is 12.2 Å². The van der Waals surface area contributed by atoms with Gasteiger partial charge in [0.25, 0.3) is 0 Å². The van der Waals surface area contributed by atoms with Crippen molar-refractivity contribution in [2.45, 2.75) is 97.1 Å². The highest BCUT2D eigenvalue weighted by Gasteiger charge is 2.31. The molecule has 0 fully saturated rings. The Morgan fingerprint density at radius 2 is 1.62 bits per heavy atom. The lowest BCUT2D eigenvalue weighted by molar-refractivity contribution is -0.0951. The van der Waals surface area contributed by atoms with Crippen molar-refractivity contribution in [2.75, 3.05) is 0 Å². The van der Waals surface area contributed by atoms with E-state index in [1.165, 1.54) is 0 Å². The van der Waals surface area contributed by atoms with Crippen molar-refractivity contribution in [3.8, 4) is 0 Å². The molecule has 0 spiro atoms. The number of aliphatic hydroxyl groups excluding tert-OH is 1. The van der Waals surface area contributed by atoms with Gasteiger partial charge in [0.2, 0.25) is 0 Å². The minimum atomic E-state index is -1.11. The largest absolute Gasteiger partial charge is 0.509 e. The molecule has 0 aliphatic heterocycles. The third-order valence-corrected chi connectivity index (χ3v) is 3.52. The Balaban J connectivity index is 4.36. The second-order valence-electron chi connectivity index (χ2n) is 6.18. The quantitative estimate of drug-likeness (QED) is 0.605. The molecular formula is C16H32O5. The lowest BCUT2D eigenvalue weighted by Gasteiger charge is -2.29. The molecule has 0 amide bonds. The molecule has 0 rings (SSSR count). The number of hydrogen-bond acceptors (Lipinski definition) is 5. The number of hydrogen-bond donors (Lipinski definition) is 2. The predicted octanol–water partition coefficient (Wildman–Crippen LogP) is 3.41. The fourth-order valence-corrected chi connectivity index (χ4v) is 1.97. The molecule has 5 heteroatoms. The first-order chi connectivity index (χ1) is 9.72. The zero-order valence-electron chi connectivity index (χ0n) is 14.1. The zero-order valence-corrected chi connectivity index (χ0v) is 14.1. The number of aliphatic hydroxyl groups is 2. The fourth-order valence-electron chi connectivity index (χ4n) is 1.97. The minimum Gasteiger partial charge on any atom is -0.429 e. The van der Waals surface area contributed by atoms with Crippen LogP contribution in [-0.2, 0) is 9.47 Å². The van der Waals surface area contributed by atoms with Crippen LogP contribution in [0.25, 0.3) is 0 Å². The van der Waals surface area contributed by atoms with E-state index in [1.807, 2.05) is 13.8 Å². The van der Waals surface area contributed by atoms with Gasteiger partial charge in [-0.15, -0.1) is 0 Å². The predicted molar refractivity (Wildman–Crippen MR) is 82.2 cm³/mol. The average molecular weight is 304 g/mol. The van der Waals surface area contributed by atoms with Gasteiger partial charge in [-0.2, -0.15) is 0 Å². The van der Waals surface area contributed by atoms with E-state index >= 15 is 0 Å². The van der Waals surface area contributed by atoms with Crippen molar-refractivity contribution in [1.82, 2.24) is 0 Å². The molecule has 0 aliphatic carbocycles. The van der Waals surface area contributed by atoms with Crippen molar-refractivity contribution in [3.05, 3.63) is 0 Å². The van der Waals surface area contributed by atoms with Crippen LogP contribution in [-0.4, -0.2) is 40.3 Å². The number of rotatable bonds is 10. The van der Waals surface area contributed by atoms with E-state index in [2.05, 4.69) is 0 Å². The smallest absolute Gasteiger partial charge is 0.429 e. The third-order valence-electron chi connectivity index (χ3n) is 3.52. The normalized spacial score (nSPS) is 16.1. The van der Waals surface area contributed by atoms with Crippen LogP contribution in [0.1, 0.15) is 73.1 Å². The van der Waals surface area contributed by atoms with Gasteiger partial charge in [0.15, 0.2) is 0 Å². The number of ether oxygens (including phenoxy) is 2. The maximum atomic E-state index is 11.8. The Morgan fingerprint density at radius 1 is 1.10 bits per heavy atom. The van der Waals surface area contributed by atoms with Crippen LogP contribution in [0.5, 0.6) is 0 Å². The summed E-state index contributed by atoms with van der Waals surface area (Å²) in [5.41, 5.74) is -1.11. The summed E-state index contributed by atoms with van der Waals surface area (Å²) >= 11 is 0. The van der Waals surface area contributed by atoms with Crippen molar-refractivity contribution < 1.29 is 24.5 Å². The summed E-state index contributed by atoms with van der Waals surface area (Å²) in [7, 11) is 0. The van der Waals surface area contributed by atoms with Gasteiger partial charge in [0.05, 0.1) is 11.7 Å². The highest BCUT2D eigenvalue weighted by Crippen LogP contribution is 2.20. The van der Waals surface area contributed by atoms with Gasteiger partial charge in [-0.3, -0.25) is 0 Å². The Hall–Kier alpha value is -0.810. The zero-order chi connectivity index (χ0) is 16.5. The summed E-state index contributed by atoms with van der Waals surface area (Å²) in [5.74, 6) is 0. The molecule has 0 bridgehead atoms. The van der Waals surface area contributed by atoms with Crippen LogP contribution in [0.15, 0.2) is 0 Å². The number of carbonyl (C=O) groups is 1. The lowest BCUT2D eigenvalue weighted by atomic mass is 9.97. The first kappa shape index (κ1) is 20.2. The van der Waals surface area contributed by atoms with Gasteiger partial charge in [-0.05, 0) is 40.0 Å². The molecule has 0 aromatic carbocycles. The second kappa shape index (κ2) is 10.0. The Morgan fingerprint density at radius 3 is 2.10 bits per heavy atom. The molecule has 0 aromatic heterocycles. The molecule has 21 heavy (non-hydrogen) atoms. The van der Waals surface area contributed by atoms with Crippen LogP contribution >= 0.6 is 0 Å². The molecule has 0 aromatic rings. The molecule has 3 unspecified atom stereocenters. The highest BCUT2D eigenvalue weighted by atomic mass is 16.7. The molecule has 5 nitrogen and oxygen atoms in total. The van der Waals surface area contributed by atoms with Crippen LogP contribution < -0.4 is 0 Å². The van der Waals surface area contributed by atoms with E-state index in [9.17, 15) is 15.0 Å². The van der Waals surface area contributed by atoms with E-state index in [0.29, 0.717) is 12.8 Å². The standard InChI is InChI=1S/C16H32O5/c1-6-8-10-13(17)12(3)20-15(18)21-14(11-9-7-2)16(4,5)19/h12-14,17,19H,6-11H2,1-5H3. The van der Waals surface area contributed by atoms with E-state index in [1.54, 1.807) is 20.8 Å². The maximum Gasteiger partial charge on any atom is 0.509 e. The maximum absolute atomic E-state index is 11.8. The summed E-state index contributed by atoms with van der Waals surface area (Å²) in [6.07, 6.45) is 2.11. The molecule has 3 atom stereocenters. The Bertz CT molecular complexity index is 285. The van der Waals surface area contributed by atoms with Crippen molar-refractivity contribution >= 4 is 6.16 Å². The summed E-state index contributed by atoms with van der Waals surface area (Å²) in [6, 6.07) is 0. The second-order valence-corrected chi connectivity index (χ2v) is 6.18. The fraction of sp³-hybridized carbons (Fsp3) is 0.938. The van der Waals surface area contributed by atoms with Gasteiger partial charge in [-0.25, -0.2) is 4.79 Å². The lowest BCUT2D eigenvalue weighted by Crippen LogP contribution is -2.41. The average Bonchev–Trinajstić information content (AvgIpc) is 2.39. The van der Waals surface area contributed by atoms with Crippen LogP contribution in [0.4, 0.5) is 4.79 Å². The summed E-state index contributed by atoms with van der Waals surface area (Å²) in [4.78, 5) is 11.8. The van der Waals surface area contributed by atoms with Gasteiger partial charge < -0.3 is 19.7 Å². The molecule has 0 aliphatic rings. The van der Waals surface area contributed by atoms with E-state index < -0.39 is 30.1 Å². The Labute approximate surface area is 128 Å². The third kappa shape index (κ3) is 8.94. The minimum absolute atomic E-state index is 0.585. The van der Waals surface area contributed by atoms with Gasteiger partial charge >= 0.3 is 6.16 Å².